The summed E-state index contributed by atoms with van der Waals surface area (Å²) >= 11 is 6.87. The molecule has 0 N–H and O–H groups in total. The third-order valence-corrected chi connectivity index (χ3v) is 5.52. The van der Waals surface area contributed by atoms with Crippen molar-refractivity contribution in [1.29, 1.82) is 0 Å². The molecule has 1 aliphatic rings. The Kier molecular flexibility index (Phi) is 8.38. The Balaban J connectivity index is 0.000000500. The number of hydrogen-bond donors (Lipinski definition) is 0. The quantitative estimate of drug-likeness (QED) is 0.370. The first-order chi connectivity index (χ1) is 6.30. The van der Waals surface area contributed by atoms with Gasteiger partial charge in [-0.1, -0.05) is 0 Å². The summed E-state index contributed by atoms with van der Waals surface area (Å²) in [4.78, 5) is 0. The molecule has 0 amide bonds. The molecule has 0 spiro atoms. The van der Waals surface area contributed by atoms with E-state index in [9.17, 15) is 0 Å². The molecule has 0 heterocycles. The Bertz CT molecular complexity index is 251. The predicted octanol–water partition coefficient (Wildman–Crippen LogP) is 1.96. The van der Waals surface area contributed by atoms with Crippen molar-refractivity contribution in [3.8, 4) is 0 Å². The van der Waals surface area contributed by atoms with Gasteiger partial charge >= 0.3 is 135 Å². The van der Waals surface area contributed by atoms with Gasteiger partial charge in [0.15, 0.2) is 0 Å². The minimum atomic E-state index is 0.354. The second-order valence-corrected chi connectivity index (χ2v) is 21.4. The van der Waals surface area contributed by atoms with Crippen LogP contribution in [0.5, 0.6) is 0 Å². The first kappa shape index (κ1) is 16.6. The normalized spacial score (nSPS) is 19.9. The van der Waals surface area contributed by atoms with Crippen LogP contribution in [0, 0.1) is 5.41 Å². The molecule has 0 saturated carbocycles. The molecule has 81 valence electrons. The Morgan fingerprint density at radius 1 is 1.07 bits per heavy atom. The molecule has 0 aliphatic heterocycles. The molecule has 0 aromatic rings. The van der Waals surface area contributed by atoms with Gasteiger partial charge in [0.05, 0.1) is 0 Å². The summed E-state index contributed by atoms with van der Waals surface area (Å²) in [5.41, 5.74) is 4.96. The molecule has 0 aromatic heterocycles. The second-order valence-electron chi connectivity index (χ2n) is 3.93. The van der Waals surface area contributed by atoms with Crippen LogP contribution in [0.1, 0.15) is 34.6 Å². The van der Waals surface area contributed by atoms with E-state index in [-0.39, 0.29) is 0 Å². The molecule has 1 aliphatic carbocycles. The van der Waals surface area contributed by atoms with E-state index in [0.717, 1.165) is 0 Å². The van der Waals surface area contributed by atoms with Crippen LogP contribution < -0.4 is 13.3 Å². The predicted molar refractivity (Wildman–Crippen MR) is 72.9 cm³/mol. The van der Waals surface area contributed by atoms with Gasteiger partial charge in [-0.2, -0.15) is 0 Å². The molecule has 1 rings (SSSR count). The van der Waals surface area contributed by atoms with Crippen molar-refractivity contribution in [1.82, 2.24) is 0 Å². The molecule has 0 unspecified atom stereocenters. The zero-order valence-electron chi connectivity index (χ0n) is 9.13. The van der Waals surface area contributed by atoms with Crippen molar-refractivity contribution in [2.45, 2.75) is 34.6 Å². The molecule has 4 heteroatoms. The summed E-state index contributed by atoms with van der Waals surface area (Å²) in [7, 11) is 0. The maximum atomic E-state index is 2.39. The van der Waals surface area contributed by atoms with E-state index in [4.69, 9.17) is 0 Å². The van der Waals surface area contributed by atoms with Crippen molar-refractivity contribution < 1.29 is 38.0 Å². The fraction of sp³-hybridized carbons (Fsp3) is 0.600. The van der Waals surface area contributed by atoms with Crippen LogP contribution in [0.15, 0.2) is 20.0 Å². The van der Waals surface area contributed by atoms with E-state index in [1.807, 2.05) is 0 Å². The Morgan fingerprint density at radius 3 is 1.50 bits per heavy atom. The first-order valence-corrected chi connectivity index (χ1v) is 18.1. The van der Waals surface area contributed by atoms with E-state index in [0.29, 0.717) is 18.7 Å². The maximum absolute atomic E-state index is 2.39. The Hall–Kier alpha value is 2.55. The summed E-state index contributed by atoms with van der Waals surface area (Å²) in [6, 6.07) is 0. The van der Waals surface area contributed by atoms with Gasteiger partial charge in [-0.3, -0.25) is 0 Å². The Labute approximate surface area is 133 Å². The molecular formula is C10H15I3Zr-. The monoisotopic (exact) mass is 606 g/mol. The van der Waals surface area contributed by atoms with Gasteiger partial charge in [0.1, 0.15) is 0 Å². The van der Waals surface area contributed by atoms with E-state index < -0.39 is 0 Å². The van der Waals surface area contributed by atoms with Gasteiger partial charge in [0.2, 0.25) is 0 Å². The number of allylic oxidation sites excluding steroid dienone is 4. The van der Waals surface area contributed by atoms with Crippen LogP contribution in [-0.2, 0) is 24.7 Å². The number of halogens is 3. The molecule has 0 fully saturated rings. The molecule has 0 radical (unpaired) electrons. The van der Waals surface area contributed by atoms with Crippen molar-refractivity contribution in [2.75, 3.05) is 0 Å². The molecule has 0 saturated heterocycles. The van der Waals surface area contributed by atoms with Crippen LogP contribution >= 0.6 is 37.2 Å². The van der Waals surface area contributed by atoms with Crippen LogP contribution in [-0.4, -0.2) is 0 Å². The average molecular weight is 607 g/mol. The summed E-state index contributed by atoms with van der Waals surface area (Å²) in [5.74, 6) is 0. The second kappa shape index (κ2) is 7.09. The van der Waals surface area contributed by atoms with Crippen molar-refractivity contribution in [3.63, 3.8) is 0 Å². The first-order valence-electron chi connectivity index (χ1n) is 4.29. The third kappa shape index (κ3) is 3.79. The standard InChI is InChI=1S/C10H15.I3.Zr/c1-7-6-10(4,5)9(3)8(7)2;1-3-2;/h1-5H3;;/q;-1;. The minimum absolute atomic E-state index is 0.354. The fourth-order valence-corrected chi connectivity index (χ4v) is 2.52. The average Bonchev–Trinajstić information content (AvgIpc) is 2.23. The van der Waals surface area contributed by atoms with Crippen molar-refractivity contribution in [3.05, 3.63) is 20.0 Å². The summed E-state index contributed by atoms with van der Waals surface area (Å²) in [5, 5.41) is 0. The van der Waals surface area contributed by atoms with E-state index in [1.54, 1.807) is 33.6 Å². The van der Waals surface area contributed by atoms with E-state index in [1.165, 1.54) is 11.1 Å². The van der Waals surface area contributed by atoms with Gasteiger partial charge in [-0.05, 0) is 0 Å². The zero-order valence-corrected chi connectivity index (χ0v) is 18.1. The topological polar surface area (TPSA) is 0 Å². The molecule has 0 atom stereocenters. The van der Waals surface area contributed by atoms with Crippen LogP contribution in [0.4, 0.5) is 0 Å². The zero-order chi connectivity index (χ0) is 11.5. The van der Waals surface area contributed by atoms with Crippen molar-refractivity contribution >= 4 is 37.2 Å². The molecule has 0 aromatic carbocycles. The molecule has 0 nitrogen and oxygen atoms in total. The summed E-state index contributed by atoms with van der Waals surface area (Å²) in [6.07, 6.45) is 0. The molecule has 14 heavy (non-hydrogen) atoms. The van der Waals surface area contributed by atoms with Gasteiger partial charge < -0.3 is 0 Å². The third-order valence-electron chi connectivity index (χ3n) is 3.06. The van der Waals surface area contributed by atoms with Gasteiger partial charge in [0.25, 0.3) is 0 Å². The van der Waals surface area contributed by atoms with Crippen molar-refractivity contribution in [2.24, 2.45) is 5.41 Å². The van der Waals surface area contributed by atoms with Crippen LogP contribution in [0.25, 0.3) is 0 Å². The van der Waals surface area contributed by atoms with E-state index in [2.05, 4.69) is 71.9 Å². The van der Waals surface area contributed by atoms with Crippen LogP contribution in [0.2, 0.25) is 0 Å². The summed E-state index contributed by atoms with van der Waals surface area (Å²) < 4.78 is 1.62. The molecular weight excluding hydrogens is 592 g/mol. The number of hydrogen-bond acceptors (Lipinski definition) is 0. The van der Waals surface area contributed by atoms with Gasteiger partial charge in [-0.25, -0.2) is 0 Å². The number of rotatable bonds is 0. The van der Waals surface area contributed by atoms with Gasteiger partial charge in [-0.15, -0.1) is 0 Å². The SMILES string of the molecule is CC1=C(C)C(C)(C)[C]([Zr])=C1C.I[I-]I. The van der Waals surface area contributed by atoms with Gasteiger partial charge in [0, 0.05) is 0 Å². The Morgan fingerprint density at radius 2 is 1.43 bits per heavy atom. The fourth-order valence-electron chi connectivity index (χ4n) is 1.59. The molecule has 0 bridgehead atoms. The van der Waals surface area contributed by atoms with Crippen LogP contribution in [0.3, 0.4) is 0 Å². The van der Waals surface area contributed by atoms with E-state index >= 15 is 0 Å². The summed E-state index contributed by atoms with van der Waals surface area (Å²) in [6.45, 7) is 11.4.